The zero-order valence-electron chi connectivity index (χ0n) is 13.5. The Morgan fingerprint density at radius 3 is 2.00 bits per heavy atom. The standard InChI is InChI=1S/C14H24F3NO4/c1-9(2)6-13(10(19)20,7-14(15,16)17)8-18-11(21)22-12(3,4)5/h9H,6-8H2,1-5H3,(H,18,21)(H,19,20). The molecule has 1 unspecified atom stereocenters. The summed E-state index contributed by atoms with van der Waals surface area (Å²) < 4.78 is 43.2. The van der Waals surface area contributed by atoms with Gasteiger partial charge in [0.25, 0.3) is 0 Å². The van der Waals surface area contributed by atoms with Gasteiger partial charge in [-0.15, -0.1) is 0 Å². The topological polar surface area (TPSA) is 75.6 Å². The average molecular weight is 327 g/mol. The summed E-state index contributed by atoms with van der Waals surface area (Å²) in [7, 11) is 0. The second-order valence-electron chi connectivity index (χ2n) is 6.83. The van der Waals surface area contributed by atoms with Gasteiger partial charge in [-0.05, 0) is 33.1 Å². The maximum atomic E-state index is 12.7. The molecular weight excluding hydrogens is 303 g/mol. The number of carbonyl (C=O) groups is 2. The van der Waals surface area contributed by atoms with Crippen molar-refractivity contribution in [3.8, 4) is 0 Å². The van der Waals surface area contributed by atoms with E-state index in [0.29, 0.717) is 0 Å². The fourth-order valence-electron chi connectivity index (χ4n) is 2.17. The summed E-state index contributed by atoms with van der Waals surface area (Å²) in [6.45, 7) is 7.40. The molecule has 0 aromatic heterocycles. The largest absolute Gasteiger partial charge is 0.481 e. The van der Waals surface area contributed by atoms with Crippen LogP contribution in [0.25, 0.3) is 0 Å². The van der Waals surface area contributed by atoms with Gasteiger partial charge in [-0.1, -0.05) is 13.8 Å². The summed E-state index contributed by atoms with van der Waals surface area (Å²) in [5.74, 6) is -1.87. The van der Waals surface area contributed by atoms with Crippen molar-refractivity contribution in [2.45, 2.75) is 59.2 Å². The molecule has 130 valence electrons. The monoisotopic (exact) mass is 327 g/mol. The lowest BCUT2D eigenvalue weighted by atomic mass is 9.77. The zero-order chi connectivity index (χ0) is 17.8. The van der Waals surface area contributed by atoms with Crippen molar-refractivity contribution >= 4 is 12.1 Å². The number of carboxylic acid groups (broad SMARTS) is 1. The highest BCUT2D eigenvalue weighted by atomic mass is 19.4. The first-order valence-electron chi connectivity index (χ1n) is 6.94. The Labute approximate surface area is 128 Å². The molecular formula is C14H24F3NO4. The normalized spacial score (nSPS) is 15.3. The van der Waals surface area contributed by atoms with E-state index in [4.69, 9.17) is 4.74 Å². The number of ether oxygens (including phenoxy) is 1. The molecule has 1 amide bonds. The molecule has 0 fully saturated rings. The van der Waals surface area contributed by atoms with Crippen LogP contribution in [-0.4, -0.2) is 35.5 Å². The molecule has 0 saturated carbocycles. The van der Waals surface area contributed by atoms with Gasteiger partial charge in [-0.25, -0.2) is 4.79 Å². The van der Waals surface area contributed by atoms with E-state index >= 15 is 0 Å². The van der Waals surface area contributed by atoms with E-state index in [-0.39, 0.29) is 12.3 Å². The first-order chi connectivity index (χ1) is 9.67. The van der Waals surface area contributed by atoms with Crippen LogP contribution in [0, 0.1) is 11.3 Å². The predicted octanol–water partition coefficient (Wildman–Crippen LogP) is 3.58. The van der Waals surface area contributed by atoms with Gasteiger partial charge in [0.05, 0.1) is 11.8 Å². The predicted molar refractivity (Wildman–Crippen MR) is 74.4 cm³/mol. The van der Waals surface area contributed by atoms with E-state index in [0.717, 1.165) is 0 Å². The SMILES string of the molecule is CC(C)CC(CNC(=O)OC(C)(C)C)(CC(F)(F)F)C(=O)O. The van der Waals surface area contributed by atoms with Crippen LogP contribution in [0.15, 0.2) is 0 Å². The Kier molecular flexibility index (Phi) is 6.71. The molecule has 0 aliphatic rings. The Balaban J connectivity index is 5.14. The Hall–Kier alpha value is -1.47. The number of halogens is 3. The molecule has 0 rings (SSSR count). The number of nitrogens with one attached hydrogen (secondary N) is 1. The Bertz CT molecular complexity index is 402. The summed E-state index contributed by atoms with van der Waals surface area (Å²) in [6.07, 6.45) is -7.31. The summed E-state index contributed by atoms with van der Waals surface area (Å²) in [4.78, 5) is 23.0. The maximum Gasteiger partial charge on any atom is 0.407 e. The molecule has 2 N–H and O–H groups in total. The van der Waals surface area contributed by atoms with Crippen LogP contribution in [0.5, 0.6) is 0 Å². The molecule has 1 atom stereocenters. The fourth-order valence-corrected chi connectivity index (χ4v) is 2.17. The summed E-state index contributed by atoms with van der Waals surface area (Å²) >= 11 is 0. The lowest BCUT2D eigenvalue weighted by Crippen LogP contribution is -2.47. The molecule has 0 bridgehead atoms. The van der Waals surface area contributed by atoms with Crippen LogP contribution in [0.4, 0.5) is 18.0 Å². The van der Waals surface area contributed by atoms with Crippen LogP contribution in [0.3, 0.4) is 0 Å². The van der Waals surface area contributed by atoms with Gasteiger partial charge in [0.1, 0.15) is 5.60 Å². The van der Waals surface area contributed by atoms with Gasteiger partial charge in [0, 0.05) is 6.54 Å². The molecule has 0 aromatic carbocycles. The molecule has 0 heterocycles. The van der Waals surface area contributed by atoms with Gasteiger partial charge >= 0.3 is 18.2 Å². The minimum Gasteiger partial charge on any atom is -0.481 e. The number of hydrogen-bond acceptors (Lipinski definition) is 3. The molecule has 0 saturated heterocycles. The van der Waals surface area contributed by atoms with E-state index in [9.17, 15) is 27.9 Å². The third-order valence-corrected chi connectivity index (χ3v) is 2.76. The number of aliphatic carboxylic acids is 1. The first-order valence-corrected chi connectivity index (χ1v) is 6.94. The third kappa shape index (κ3) is 8.09. The smallest absolute Gasteiger partial charge is 0.407 e. The lowest BCUT2D eigenvalue weighted by Gasteiger charge is -2.32. The highest BCUT2D eigenvalue weighted by molar-refractivity contribution is 5.76. The molecule has 0 radical (unpaired) electrons. The third-order valence-electron chi connectivity index (χ3n) is 2.76. The number of amides is 1. The number of alkyl halides is 3. The fraction of sp³-hybridized carbons (Fsp3) is 0.857. The van der Waals surface area contributed by atoms with Crippen molar-refractivity contribution in [1.82, 2.24) is 5.32 Å². The van der Waals surface area contributed by atoms with Crippen LogP contribution < -0.4 is 5.32 Å². The van der Waals surface area contributed by atoms with E-state index in [1.54, 1.807) is 34.6 Å². The summed E-state index contributed by atoms with van der Waals surface area (Å²) in [6, 6.07) is 0. The van der Waals surface area contributed by atoms with Crippen molar-refractivity contribution in [3.05, 3.63) is 0 Å². The first kappa shape index (κ1) is 20.5. The quantitative estimate of drug-likeness (QED) is 0.782. The highest BCUT2D eigenvalue weighted by Crippen LogP contribution is 2.38. The van der Waals surface area contributed by atoms with Crippen molar-refractivity contribution in [2.24, 2.45) is 11.3 Å². The number of hydrogen-bond donors (Lipinski definition) is 2. The second-order valence-corrected chi connectivity index (χ2v) is 6.83. The Morgan fingerprint density at radius 2 is 1.68 bits per heavy atom. The highest BCUT2D eigenvalue weighted by Gasteiger charge is 2.48. The van der Waals surface area contributed by atoms with E-state index in [1.807, 2.05) is 0 Å². The minimum absolute atomic E-state index is 0.211. The van der Waals surface area contributed by atoms with E-state index < -0.39 is 42.2 Å². The lowest BCUT2D eigenvalue weighted by molar-refractivity contribution is -0.180. The second kappa shape index (κ2) is 7.19. The van der Waals surface area contributed by atoms with Gasteiger partial charge in [0.2, 0.25) is 0 Å². The van der Waals surface area contributed by atoms with Gasteiger partial charge in [-0.2, -0.15) is 13.2 Å². The number of carbonyl (C=O) groups excluding carboxylic acids is 1. The van der Waals surface area contributed by atoms with Crippen LogP contribution in [0.1, 0.15) is 47.5 Å². The molecule has 0 aliphatic carbocycles. The number of carboxylic acids is 1. The number of rotatable bonds is 6. The van der Waals surface area contributed by atoms with Crippen LogP contribution in [-0.2, 0) is 9.53 Å². The molecule has 0 aliphatic heterocycles. The minimum atomic E-state index is -4.65. The zero-order valence-corrected chi connectivity index (χ0v) is 13.5. The van der Waals surface area contributed by atoms with Gasteiger partial charge in [-0.3, -0.25) is 4.79 Å². The summed E-state index contributed by atoms with van der Waals surface area (Å²) in [5, 5.41) is 11.4. The van der Waals surface area contributed by atoms with Crippen molar-refractivity contribution in [1.29, 1.82) is 0 Å². The molecule has 22 heavy (non-hydrogen) atoms. The van der Waals surface area contributed by atoms with Gasteiger partial charge < -0.3 is 15.2 Å². The maximum absolute atomic E-state index is 12.7. The van der Waals surface area contributed by atoms with Crippen LogP contribution in [0.2, 0.25) is 0 Å². The van der Waals surface area contributed by atoms with Crippen molar-refractivity contribution in [2.75, 3.05) is 6.54 Å². The van der Waals surface area contributed by atoms with Crippen LogP contribution >= 0.6 is 0 Å². The average Bonchev–Trinajstić information content (AvgIpc) is 2.20. The van der Waals surface area contributed by atoms with Crippen molar-refractivity contribution < 1.29 is 32.6 Å². The van der Waals surface area contributed by atoms with Gasteiger partial charge in [0.15, 0.2) is 0 Å². The summed E-state index contributed by atoms with van der Waals surface area (Å²) in [5.41, 5.74) is -2.93. The molecule has 0 spiro atoms. The molecule has 8 heteroatoms. The van der Waals surface area contributed by atoms with E-state index in [2.05, 4.69) is 5.32 Å². The van der Waals surface area contributed by atoms with Crippen molar-refractivity contribution in [3.63, 3.8) is 0 Å². The Morgan fingerprint density at radius 1 is 1.18 bits per heavy atom. The van der Waals surface area contributed by atoms with E-state index in [1.165, 1.54) is 0 Å². The molecule has 0 aromatic rings. The number of alkyl carbamates (subject to hydrolysis) is 1. The molecule has 5 nitrogen and oxygen atoms in total.